The van der Waals surface area contributed by atoms with Crippen molar-refractivity contribution in [2.24, 2.45) is 0 Å². The number of nitrogens with zero attached hydrogens (tertiary/aromatic N) is 3. The number of aliphatic hydroxyl groups excluding tert-OH is 1. The zero-order valence-corrected chi connectivity index (χ0v) is 8.92. The number of ether oxygens (including phenoxy) is 1. The molecule has 0 unspecified atom stereocenters. The molecule has 0 atom stereocenters. The number of halogens is 1. The summed E-state index contributed by atoms with van der Waals surface area (Å²) in [6.45, 7) is -0.0417. The Morgan fingerprint density at radius 3 is 3.00 bits per heavy atom. The van der Waals surface area contributed by atoms with Crippen LogP contribution >= 0.6 is 11.6 Å². The maximum Gasteiger partial charge on any atom is 0.246 e. The molecule has 6 heteroatoms. The van der Waals surface area contributed by atoms with Crippen molar-refractivity contribution >= 4 is 11.6 Å². The summed E-state index contributed by atoms with van der Waals surface area (Å²) in [5.74, 6) is 0.818. The molecule has 0 radical (unpaired) electrons. The number of benzene rings is 1. The zero-order chi connectivity index (χ0) is 11.4. The lowest BCUT2D eigenvalue weighted by Gasteiger charge is -2.04. The van der Waals surface area contributed by atoms with Crippen LogP contribution < -0.4 is 4.74 Å². The standard InChI is InChI=1S/C10H8ClN3O2/c11-10-13-9(5-12-14-10)16-8-3-1-2-7(4-8)6-15/h1-5,15H,6H2. The predicted molar refractivity (Wildman–Crippen MR) is 57.3 cm³/mol. The molecule has 1 aromatic carbocycles. The fourth-order valence-corrected chi connectivity index (χ4v) is 1.27. The molecule has 0 amide bonds. The van der Waals surface area contributed by atoms with Gasteiger partial charge in [0.05, 0.1) is 6.61 Å². The molecule has 82 valence electrons. The highest BCUT2D eigenvalue weighted by Gasteiger charge is 2.01. The molecule has 0 bridgehead atoms. The maximum absolute atomic E-state index is 8.96. The minimum Gasteiger partial charge on any atom is -0.437 e. The van der Waals surface area contributed by atoms with Gasteiger partial charge in [-0.25, -0.2) is 0 Å². The van der Waals surface area contributed by atoms with Crippen molar-refractivity contribution in [1.29, 1.82) is 0 Å². The van der Waals surface area contributed by atoms with E-state index >= 15 is 0 Å². The topological polar surface area (TPSA) is 68.1 Å². The van der Waals surface area contributed by atoms with Crippen LogP contribution in [0.4, 0.5) is 0 Å². The van der Waals surface area contributed by atoms with Gasteiger partial charge in [0.2, 0.25) is 11.2 Å². The van der Waals surface area contributed by atoms with Gasteiger partial charge in [-0.1, -0.05) is 12.1 Å². The monoisotopic (exact) mass is 237 g/mol. The van der Waals surface area contributed by atoms with Crippen LogP contribution in [0.25, 0.3) is 0 Å². The van der Waals surface area contributed by atoms with Crippen LogP contribution in [0.3, 0.4) is 0 Å². The largest absolute Gasteiger partial charge is 0.437 e. The molecule has 0 spiro atoms. The van der Waals surface area contributed by atoms with E-state index in [4.69, 9.17) is 21.4 Å². The van der Waals surface area contributed by atoms with Crippen molar-refractivity contribution in [2.75, 3.05) is 0 Å². The van der Waals surface area contributed by atoms with Gasteiger partial charge in [0.1, 0.15) is 11.9 Å². The molecule has 0 aliphatic carbocycles. The van der Waals surface area contributed by atoms with Crippen LogP contribution in [0.5, 0.6) is 11.6 Å². The quantitative estimate of drug-likeness (QED) is 0.882. The van der Waals surface area contributed by atoms with Gasteiger partial charge in [-0.05, 0) is 29.3 Å². The van der Waals surface area contributed by atoms with Crippen LogP contribution in [0.2, 0.25) is 5.28 Å². The normalized spacial score (nSPS) is 10.1. The minimum atomic E-state index is -0.0417. The molecule has 1 N–H and O–H groups in total. The highest BCUT2D eigenvalue weighted by molar-refractivity contribution is 6.28. The number of hydrogen-bond donors (Lipinski definition) is 1. The first kappa shape index (κ1) is 10.8. The summed E-state index contributed by atoms with van der Waals surface area (Å²) in [6, 6.07) is 7.01. The smallest absolute Gasteiger partial charge is 0.246 e. The summed E-state index contributed by atoms with van der Waals surface area (Å²) in [5.41, 5.74) is 0.755. The molecular formula is C10H8ClN3O2. The van der Waals surface area contributed by atoms with E-state index in [1.54, 1.807) is 24.3 Å². The van der Waals surface area contributed by atoms with Gasteiger partial charge < -0.3 is 9.84 Å². The number of aliphatic hydroxyl groups is 1. The number of hydrogen-bond acceptors (Lipinski definition) is 5. The van der Waals surface area contributed by atoms with E-state index in [-0.39, 0.29) is 17.8 Å². The van der Waals surface area contributed by atoms with Crippen LogP contribution in [-0.2, 0) is 6.61 Å². The van der Waals surface area contributed by atoms with Crippen molar-refractivity contribution in [3.05, 3.63) is 41.3 Å². The lowest BCUT2D eigenvalue weighted by Crippen LogP contribution is -1.93. The van der Waals surface area contributed by atoms with E-state index in [0.717, 1.165) is 5.56 Å². The van der Waals surface area contributed by atoms with Gasteiger partial charge in [-0.3, -0.25) is 0 Å². The molecule has 1 heterocycles. The van der Waals surface area contributed by atoms with Crippen LogP contribution in [-0.4, -0.2) is 20.3 Å². The second kappa shape index (κ2) is 4.87. The average Bonchev–Trinajstić information content (AvgIpc) is 2.29. The molecule has 0 aliphatic rings. The molecule has 16 heavy (non-hydrogen) atoms. The van der Waals surface area contributed by atoms with E-state index in [9.17, 15) is 0 Å². The Labute approximate surface area is 96.7 Å². The fourth-order valence-electron chi connectivity index (χ4n) is 1.15. The Hall–Kier alpha value is -1.72. The van der Waals surface area contributed by atoms with Crippen molar-refractivity contribution in [3.63, 3.8) is 0 Å². The first-order chi connectivity index (χ1) is 7.78. The van der Waals surface area contributed by atoms with Crippen molar-refractivity contribution in [1.82, 2.24) is 15.2 Å². The lowest BCUT2D eigenvalue weighted by molar-refractivity contribution is 0.281. The first-order valence-corrected chi connectivity index (χ1v) is 4.88. The van der Waals surface area contributed by atoms with Gasteiger partial charge in [0, 0.05) is 0 Å². The summed E-state index contributed by atoms with van der Waals surface area (Å²) in [7, 11) is 0. The Morgan fingerprint density at radius 1 is 1.38 bits per heavy atom. The Balaban J connectivity index is 2.20. The maximum atomic E-state index is 8.96. The van der Waals surface area contributed by atoms with Gasteiger partial charge in [-0.15, -0.1) is 5.10 Å². The summed E-state index contributed by atoms with van der Waals surface area (Å²) < 4.78 is 5.39. The molecule has 2 rings (SSSR count). The van der Waals surface area contributed by atoms with E-state index in [1.165, 1.54) is 6.20 Å². The molecular weight excluding hydrogens is 230 g/mol. The predicted octanol–water partition coefficient (Wildman–Crippen LogP) is 1.81. The molecule has 0 saturated carbocycles. The minimum absolute atomic E-state index is 0.0239. The first-order valence-electron chi connectivity index (χ1n) is 4.51. The Morgan fingerprint density at radius 2 is 2.25 bits per heavy atom. The zero-order valence-electron chi connectivity index (χ0n) is 8.17. The van der Waals surface area contributed by atoms with E-state index in [2.05, 4.69) is 15.2 Å². The molecule has 1 aromatic heterocycles. The highest BCUT2D eigenvalue weighted by atomic mass is 35.5. The molecule has 0 fully saturated rings. The van der Waals surface area contributed by atoms with Crippen LogP contribution in [0.15, 0.2) is 30.5 Å². The van der Waals surface area contributed by atoms with Gasteiger partial charge in [0.25, 0.3) is 0 Å². The second-order valence-corrected chi connectivity index (χ2v) is 3.31. The van der Waals surface area contributed by atoms with Crippen molar-refractivity contribution < 1.29 is 9.84 Å². The molecule has 0 aliphatic heterocycles. The van der Waals surface area contributed by atoms with E-state index in [0.29, 0.717) is 5.75 Å². The number of aromatic nitrogens is 3. The Kier molecular flexibility index (Phi) is 3.28. The summed E-state index contributed by atoms with van der Waals surface area (Å²) >= 11 is 5.56. The third-order valence-electron chi connectivity index (χ3n) is 1.81. The SMILES string of the molecule is OCc1cccc(Oc2cnnc(Cl)n2)c1. The molecule has 5 nitrogen and oxygen atoms in total. The van der Waals surface area contributed by atoms with Gasteiger partial charge in [-0.2, -0.15) is 10.1 Å². The van der Waals surface area contributed by atoms with Gasteiger partial charge in [0.15, 0.2) is 0 Å². The van der Waals surface area contributed by atoms with Crippen molar-refractivity contribution in [2.45, 2.75) is 6.61 Å². The summed E-state index contributed by atoms with van der Waals surface area (Å²) in [6.07, 6.45) is 1.36. The fraction of sp³-hybridized carbons (Fsp3) is 0.100. The van der Waals surface area contributed by atoms with Crippen LogP contribution in [0.1, 0.15) is 5.56 Å². The third-order valence-corrected chi connectivity index (χ3v) is 1.97. The van der Waals surface area contributed by atoms with Crippen LogP contribution in [0, 0.1) is 0 Å². The summed E-state index contributed by atoms with van der Waals surface area (Å²) in [5, 5.41) is 16.1. The highest BCUT2D eigenvalue weighted by Crippen LogP contribution is 2.20. The van der Waals surface area contributed by atoms with E-state index in [1.807, 2.05) is 0 Å². The Bertz CT molecular complexity index is 493. The summed E-state index contributed by atoms with van der Waals surface area (Å²) in [4.78, 5) is 3.83. The second-order valence-electron chi connectivity index (χ2n) is 2.97. The third kappa shape index (κ3) is 2.65. The molecule has 2 aromatic rings. The number of rotatable bonds is 3. The van der Waals surface area contributed by atoms with Gasteiger partial charge >= 0.3 is 0 Å². The molecule has 0 saturated heterocycles. The lowest BCUT2D eigenvalue weighted by atomic mass is 10.2. The average molecular weight is 238 g/mol. The van der Waals surface area contributed by atoms with Crippen molar-refractivity contribution in [3.8, 4) is 11.6 Å². The van der Waals surface area contributed by atoms with E-state index < -0.39 is 0 Å².